The van der Waals surface area contributed by atoms with Crippen molar-refractivity contribution in [3.05, 3.63) is 18.2 Å². The second kappa shape index (κ2) is 4.69. The molecule has 3 amide bonds. The molecule has 0 bridgehead atoms. The summed E-state index contributed by atoms with van der Waals surface area (Å²) in [7, 11) is 0. The largest absolute Gasteiger partial charge is 0.329 e. The maximum Gasteiger partial charge on any atom is 0.329 e. The van der Waals surface area contributed by atoms with Gasteiger partial charge in [-0.25, -0.2) is 19.7 Å². The van der Waals surface area contributed by atoms with E-state index in [9.17, 15) is 9.59 Å². The van der Waals surface area contributed by atoms with Gasteiger partial charge in [-0.05, 0) is 12.2 Å². The summed E-state index contributed by atoms with van der Waals surface area (Å²) < 4.78 is 0. The highest BCUT2D eigenvalue weighted by atomic mass is 32.2. The topological polar surface area (TPSA) is 75.2 Å². The number of hydrogen-bond acceptors (Lipinski definition) is 5. The number of carbonyl (C=O) groups is 2. The van der Waals surface area contributed by atoms with E-state index in [2.05, 4.69) is 15.3 Å². The molecule has 0 aliphatic carbocycles. The average molecular weight is 306 g/mol. The summed E-state index contributed by atoms with van der Waals surface area (Å²) in [6, 6.07) is -0.380. The second-order valence-electron chi connectivity index (χ2n) is 6.47. The lowest BCUT2D eigenvalue weighted by Crippen LogP contribution is -2.47. The molecule has 1 spiro atoms. The number of urea groups is 1. The van der Waals surface area contributed by atoms with Crippen LogP contribution in [0.25, 0.3) is 0 Å². The Kier molecular flexibility index (Phi) is 3.20. The minimum absolute atomic E-state index is 0.168. The molecule has 2 aliphatic rings. The van der Waals surface area contributed by atoms with Gasteiger partial charge in [0.15, 0.2) is 0 Å². The third-order valence-corrected chi connectivity index (χ3v) is 4.94. The molecule has 3 heterocycles. The van der Waals surface area contributed by atoms with Crippen molar-refractivity contribution in [1.29, 1.82) is 0 Å². The first-order valence-corrected chi connectivity index (χ1v) is 8.06. The Morgan fingerprint density at radius 2 is 1.95 bits per heavy atom. The third-order valence-electron chi connectivity index (χ3n) is 3.75. The van der Waals surface area contributed by atoms with Crippen LogP contribution in [0.4, 0.5) is 10.5 Å². The maximum absolute atomic E-state index is 12.6. The Balaban J connectivity index is 1.90. The number of carbonyl (C=O) groups excluding carboxylic acids is 2. The lowest BCUT2D eigenvalue weighted by atomic mass is 9.96. The van der Waals surface area contributed by atoms with E-state index in [4.69, 9.17) is 0 Å². The van der Waals surface area contributed by atoms with Gasteiger partial charge in [-0.15, -0.1) is 0 Å². The molecule has 21 heavy (non-hydrogen) atoms. The van der Waals surface area contributed by atoms with E-state index in [0.717, 1.165) is 10.7 Å². The van der Waals surface area contributed by atoms with Crippen molar-refractivity contribution in [2.24, 2.45) is 0 Å². The van der Waals surface area contributed by atoms with Gasteiger partial charge in [0, 0.05) is 11.2 Å². The van der Waals surface area contributed by atoms with Gasteiger partial charge in [0.2, 0.25) is 0 Å². The first kappa shape index (κ1) is 14.3. The minimum atomic E-state index is -0.732. The van der Waals surface area contributed by atoms with Crippen molar-refractivity contribution < 1.29 is 9.59 Å². The first-order chi connectivity index (χ1) is 9.83. The fraction of sp³-hybridized carbons (Fsp3) is 0.571. The number of amides is 3. The van der Waals surface area contributed by atoms with Crippen LogP contribution < -0.4 is 10.2 Å². The summed E-state index contributed by atoms with van der Waals surface area (Å²) in [6.07, 6.45) is 3.78. The van der Waals surface area contributed by atoms with E-state index in [1.54, 1.807) is 24.2 Å². The molecule has 2 fully saturated rings. The van der Waals surface area contributed by atoms with Crippen LogP contribution in [0.3, 0.4) is 0 Å². The fourth-order valence-corrected chi connectivity index (χ4v) is 3.84. The summed E-state index contributed by atoms with van der Waals surface area (Å²) >= 11 is 1.69. The summed E-state index contributed by atoms with van der Waals surface area (Å²) in [5.41, 5.74) is -0.469. The number of aromatic nitrogens is 2. The highest BCUT2D eigenvalue weighted by Gasteiger charge is 2.53. The molecule has 1 aromatic rings. The van der Waals surface area contributed by atoms with Gasteiger partial charge in [0.1, 0.15) is 11.4 Å². The molecular weight excluding hydrogens is 288 g/mol. The number of hydrogen-bond donors (Lipinski definition) is 1. The van der Waals surface area contributed by atoms with Crippen LogP contribution in [-0.4, -0.2) is 39.0 Å². The summed E-state index contributed by atoms with van der Waals surface area (Å²) in [4.78, 5) is 34.5. The second-order valence-corrected chi connectivity index (χ2v) is 7.58. The van der Waals surface area contributed by atoms with Crippen LogP contribution in [0.5, 0.6) is 0 Å². The lowest BCUT2D eigenvalue weighted by molar-refractivity contribution is -0.121. The number of imide groups is 1. The zero-order valence-corrected chi connectivity index (χ0v) is 13.2. The van der Waals surface area contributed by atoms with Crippen molar-refractivity contribution in [2.45, 2.75) is 38.1 Å². The summed E-state index contributed by atoms with van der Waals surface area (Å²) in [5.74, 6) is 2.02. The third kappa shape index (κ3) is 2.29. The molecule has 0 unspecified atom stereocenters. The Morgan fingerprint density at radius 1 is 1.29 bits per heavy atom. The maximum atomic E-state index is 12.6. The highest BCUT2D eigenvalue weighted by Crippen LogP contribution is 2.35. The SMILES string of the molecule is CC(C)(C)c1ncc(N2C(=O)N[C@@]3(CCSC3)C2=O)cn1. The quantitative estimate of drug-likeness (QED) is 0.799. The predicted molar refractivity (Wildman–Crippen MR) is 81.4 cm³/mol. The van der Waals surface area contributed by atoms with Crippen molar-refractivity contribution in [3.63, 3.8) is 0 Å². The van der Waals surface area contributed by atoms with Crippen LogP contribution >= 0.6 is 11.8 Å². The van der Waals surface area contributed by atoms with E-state index in [1.165, 1.54) is 0 Å². The molecular formula is C14H18N4O2S. The first-order valence-electron chi connectivity index (χ1n) is 6.90. The molecule has 2 saturated heterocycles. The normalized spacial score (nSPS) is 25.8. The molecule has 1 atom stereocenters. The van der Waals surface area contributed by atoms with E-state index in [1.807, 2.05) is 20.8 Å². The Bertz CT molecular complexity index is 588. The van der Waals surface area contributed by atoms with E-state index in [0.29, 0.717) is 23.7 Å². The van der Waals surface area contributed by atoms with Gasteiger partial charge in [0.05, 0.1) is 18.1 Å². The molecule has 112 valence electrons. The predicted octanol–water partition coefficient (Wildman–Crippen LogP) is 1.71. The zero-order chi connectivity index (χ0) is 15.3. The van der Waals surface area contributed by atoms with Crippen molar-refractivity contribution in [2.75, 3.05) is 16.4 Å². The van der Waals surface area contributed by atoms with E-state index in [-0.39, 0.29) is 17.4 Å². The molecule has 1 N–H and O–H groups in total. The van der Waals surface area contributed by atoms with Crippen molar-refractivity contribution in [1.82, 2.24) is 15.3 Å². The number of rotatable bonds is 1. The molecule has 2 aliphatic heterocycles. The lowest BCUT2D eigenvalue weighted by Gasteiger charge is -2.20. The van der Waals surface area contributed by atoms with E-state index < -0.39 is 5.54 Å². The molecule has 0 saturated carbocycles. The van der Waals surface area contributed by atoms with Crippen LogP contribution in [-0.2, 0) is 10.2 Å². The van der Waals surface area contributed by atoms with Crippen LogP contribution in [0, 0.1) is 0 Å². The van der Waals surface area contributed by atoms with Crippen LogP contribution in [0.2, 0.25) is 0 Å². The Morgan fingerprint density at radius 3 is 2.48 bits per heavy atom. The van der Waals surface area contributed by atoms with Crippen LogP contribution in [0.15, 0.2) is 12.4 Å². The molecule has 7 heteroatoms. The molecule has 0 radical (unpaired) electrons. The Hall–Kier alpha value is -1.63. The van der Waals surface area contributed by atoms with Crippen molar-refractivity contribution >= 4 is 29.4 Å². The molecule has 6 nitrogen and oxygen atoms in total. The van der Waals surface area contributed by atoms with Crippen molar-refractivity contribution in [3.8, 4) is 0 Å². The summed E-state index contributed by atoms with van der Waals surface area (Å²) in [5, 5.41) is 2.83. The standard InChI is InChI=1S/C14H18N4O2S/c1-13(2,3)10-15-6-9(7-16-10)18-11(19)14(17-12(18)20)4-5-21-8-14/h6-7H,4-5,8H2,1-3H3,(H,17,20)/t14-/m1/s1. The van der Waals surface area contributed by atoms with Gasteiger partial charge in [-0.1, -0.05) is 20.8 Å². The number of nitrogens with zero attached hydrogens (tertiary/aromatic N) is 3. The molecule has 0 aromatic carbocycles. The average Bonchev–Trinajstić information content (AvgIpc) is 2.96. The van der Waals surface area contributed by atoms with E-state index >= 15 is 0 Å². The summed E-state index contributed by atoms with van der Waals surface area (Å²) in [6.45, 7) is 6.04. The highest BCUT2D eigenvalue weighted by molar-refractivity contribution is 7.99. The Labute approximate surface area is 127 Å². The smallest absolute Gasteiger partial charge is 0.322 e. The molecule has 1 aromatic heterocycles. The van der Waals surface area contributed by atoms with Gasteiger partial charge in [0.25, 0.3) is 5.91 Å². The number of thioether (sulfide) groups is 1. The number of anilines is 1. The molecule has 3 rings (SSSR count). The van der Waals surface area contributed by atoms with Gasteiger partial charge in [-0.2, -0.15) is 11.8 Å². The minimum Gasteiger partial charge on any atom is -0.322 e. The van der Waals surface area contributed by atoms with Gasteiger partial charge >= 0.3 is 6.03 Å². The van der Waals surface area contributed by atoms with Gasteiger partial charge in [-0.3, -0.25) is 4.79 Å². The zero-order valence-electron chi connectivity index (χ0n) is 12.3. The number of nitrogens with one attached hydrogen (secondary N) is 1. The van der Waals surface area contributed by atoms with Gasteiger partial charge < -0.3 is 5.32 Å². The fourth-order valence-electron chi connectivity index (χ4n) is 2.51. The monoisotopic (exact) mass is 306 g/mol. The van der Waals surface area contributed by atoms with Crippen LogP contribution in [0.1, 0.15) is 33.0 Å².